The van der Waals surface area contributed by atoms with Crippen LogP contribution in [0.25, 0.3) is 0 Å². The molecule has 0 amide bonds. The average Bonchev–Trinajstić information content (AvgIpc) is 2.73. The lowest BCUT2D eigenvalue weighted by atomic mass is 10.4. The van der Waals surface area contributed by atoms with Gasteiger partial charge in [0.1, 0.15) is 12.4 Å². The molecule has 0 aliphatic carbocycles. The van der Waals surface area contributed by atoms with E-state index in [0.717, 1.165) is 13.1 Å². The van der Waals surface area contributed by atoms with Crippen LogP contribution < -0.4 is 0 Å². The number of aliphatic hydroxyl groups is 1. The quantitative estimate of drug-likeness (QED) is 0.887. The number of hydrogen-bond donors (Lipinski definition) is 1. The molecule has 1 aromatic rings. The highest BCUT2D eigenvalue weighted by molar-refractivity contribution is 7.89. The first-order chi connectivity index (χ1) is 8.16. The molecule has 0 radical (unpaired) electrons. The minimum Gasteiger partial charge on any atom is -0.446 e. The summed E-state index contributed by atoms with van der Waals surface area (Å²) in [5.41, 5.74) is 0. The summed E-state index contributed by atoms with van der Waals surface area (Å²) in [5, 5.41) is 8.22. The van der Waals surface area contributed by atoms with Crippen molar-refractivity contribution in [2.75, 3.05) is 13.6 Å². The summed E-state index contributed by atoms with van der Waals surface area (Å²) in [5.74, 6) is 0.0257. The van der Waals surface area contributed by atoms with Gasteiger partial charge >= 0.3 is 6.18 Å². The molecule has 1 aromatic heterocycles. The topological polar surface area (TPSA) is 70.8 Å². The van der Waals surface area contributed by atoms with Crippen molar-refractivity contribution < 1.29 is 31.1 Å². The van der Waals surface area contributed by atoms with E-state index >= 15 is 0 Å². The van der Waals surface area contributed by atoms with Crippen LogP contribution in [0.3, 0.4) is 0 Å². The molecule has 0 atom stereocenters. The Hall–Kier alpha value is -1.06. The van der Waals surface area contributed by atoms with Crippen LogP contribution in [0.1, 0.15) is 12.2 Å². The van der Waals surface area contributed by atoms with Crippen molar-refractivity contribution in [1.29, 1.82) is 0 Å². The van der Waals surface area contributed by atoms with Crippen LogP contribution in [0, 0.1) is 0 Å². The first-order valence-corrected chi connectivity index (χ1v) is 6.33. The van der Waals surface area contributed by atoms with Crippen LogP contribution in [0.2, 0.25) is 0 Å². The Morgan fingerprint density at radius 2 is 2.00 bits per heavy atom. The van der Waals surface area contributed by atoms with Crippen LogP contribution in [0.5, 0.6) is 0 Å². The minimum atomic E-state index is -4.43. The number of alkyl halides is 3. The molecule has 9 heteroatoms. The maximum absolute atomic E-state index is 12.0. The molecule has 18 heavy (non-hydrogen) atoms. The van der Waals surface area contributed by atoms with E-state index in [4.69, 9.17) is 9.52 Å². The predicted octanol–water partition coefficient (Wildman–Crippen LogP) is 1.34. The second-order valence-electron chi connectivity index (χ2n) is 3.57. The first kappa shape index (κ1) is 15.0. The van der Waals surface area contributed by atoms with Gasteiger partial charge in [0.15, 0.2) is 0 Å². The van der Waals surface area contributed by atoms with Gasteiger partial charge in [-0.15, -0.1) is 0 Å². The molecule has 0 aliphatic heterocycles. The molecule has 104 valence electrons. The lowest BCUT2D eigenvalue weighted by molar-refractivity contribution is -0.135. The van der Waals surface area contributed by atoms with E-state index in [1.165, 1.54) is 6.07 Å². The van der Waals surface area contributed by atoms with E-state index in [1.54, 1.807) is 0 Å². The van der Waals surface area contributed by atoms with Crippen molar-refractivity contribution in [3.8, 4) is 0 Å². The van der Waals surface area contributed by atoms with Crippen LogP contribution in [-0.4, -0.2) is 37.6 Å². The Balaban J connectivity index is 2.80. The van der Waals surface area contributed by atoms with E-state index in [9.17, 15) is 21.6 Å². The van der Waals surface area contributed by atoms with Gasteiger partial charge in [-0.25, -0.2) is 8.42 Å². The van der Waals surface area contributed by atoms with Crippen molar-refractivity contribution in [2.45, 2.75) is 24.3 Å². The average molecular weight is 287 g/mol. The van der Waals surface area contributed by atoms with Crippen molar-refractivity contribution in [1.82, 2.24) is 4.31 Å². The van der Waals surface area contributed by atoms with Gasteiger partial charge in [-0.2, -0.15) is 17.5 Å². The Bertz CT molecular complexity index is 494. The van der Waals surface area contributed by atoms with Gasteiger partial charge in [-0.05, 0) is 12.1 Å². The molecular weight excluding hydrogens is 275 g/mol. The Morgan fingerprint density at radius 1 is 1.39 bits per heavy atom. The largest absolute Gasteiger partial charge is 0.446 e. The second kappa shape index (κ2) is 5.29. The van der Waals surface area contributed by atoms with Gasteiger partial charge in [0.2, 0.25) is 5.09 Å². The summed E-state index contributed by atoms with van der Waals surface area (Å²) in [7, 11) is -3.07. The zero-order valence-electron chi connectivity index (χ0n) is 9.44. The molecule has 0 bridgehead atoms. The number of halogens is 3. The van der Waals surface area contributed by atoms with Gasteiger partial charge in [0.05, 0.1) is 6.42 Å². The van der Waals surface area contributed by atoms with Crippen molar-refractivity contribution >= 4 is 10.0 Å². The van der Waals surface area contributed by atoms with Gasteiger partial charge in [0, 0.05) is 13.6 Å². The van der Waals surface area contributed by atoms with E-state index < -0.39 is 40.9 Å². The third kappa shape index (κ3) is 3.72. The fraction of sp³-hybridized carbons (Fsp3) is 0.556. The molecular formula is C9H12F3NO4S. The third-order valence-corrected chi connectivity index (χ3v) is 3.90. The van der Waals surface area contributed by atoms with Gasteiger partial charge in [-0.3, -0.25) is 0 Å². The van der Waals surface area contributed by atoms with Crippen LogP contribution >= 0.6 is 0 Å². The predicted molar refractivity (Wildman–Crippen MR) is 55.1 cm³/mol. The molecule has 1 N–H and O–H groups in total. The van der Waals surface area contributed by atoms with Crippen molar-refractivity contribution in [3.63, 3.8) is 0 Å². The van der Waals surface area contributed by atoms with Gasteiger partial charge < -0.3 is 9.52 Å². The molecule has 0 saturated heterocycles. The van der Waals surface area contributed by atoms with Crippen molar-refractivity contribution in [3.05, 3.63) is 17.9 Å². The fourth-order valence-corrected chi connectivity index (χ4v) is 2.23. The monoisotopic (exact) mass is 287 g/mol. The lowest BCUT2D eigenvalue weighted by Gasteiger charge is -2.16. The highest BCUT2D eigenvalue weighted by Gasteiger charge is 2.31. The van der Waals surface area contributed by atoms with Crippen LogP contribution in [0.4, 0.5) is 13.2 Å². The summed E-state index contributed by atoms with van der Waals surface area (Å²) in [6.07, 6.45) is -5.67. The maximum atomic E-state index is 12.0. The van der Waals surface area contributed by atoms with E-state index in [0.29, 0.717) is 4.31 Å². The molecule has 1 rings (SSSR count). The smallest absolute Gasteiger partial charge is 0.390 e. The summed E-state index contributed by atoms with van der Waals surface area (Å²) in [6, 6.07) is 2.33. The normalized spacial score (nSPS) is 13.2. The van der Waals surface area contributed by atoms with E-state index in [-0.39, 0.29) is 5.76 Å². The highest BCUT2D eigenvalue weighted by atomic mass is 32.2. The Labute approximate surface area is 102 Å². The number of hydrogen-bond acceptors (Lipinski definition) is 4. The maximum Gasteiger partial charge on any atom is 0.390 e. The number of sulfonamides is 1. The molecule has 0 aromatic carbocycles. The summed E-state index contributed by atoms with van der Waals surface area (Å²) < 4.78 is 64.8. The van der Waals surface area contributed by atoms with Crippen LogP contribution in [-0.2, 0) is 16.6 Å². The Morgan fingerprint density at radius 3 is 2.44 bits per heavy atom. The number of furan rings is 1. The number of aliphatic hydroxyl groups excluding tert-OH is 1. The third-order valence-electron chi connectivity index (χ3n) is 2.17. The van der Waals surface area contributed by atoms with Gasteiger partial charge in [-0.1, -0.05) is 0 Å². The SMILES string of the molecule is CN(CCC(F)(F)F)S(=O)(=O)c1ccc(CO)o1. The number of rotatable bonds is 5. The zero-order chi connectivity index (χ0) is 14.0. The molecule has 0 unspecified atom stereocenters. The second-order valence-corrected chi connectivity index (χ2v) is 5.55. The summed E-state index contributed by atoms with van der Waals surface area (Å²) >= 11 is 0. The molecule has 1 heterocycles. The molecule has 0 spiro atoms. The van der Waals surface area contributed by atoms with Crippen LogP contribution in [0.15, 0.2) is 21.6 Å². The van der Waals surface area contributed by atoms with E-state index in [2.05, 4.69) is 0 Å². The van der Waals surface area contributed by atoms with Crippen molar-refractivity contribution in [2.24, 2.45) is 0 Å². The lowest BCUT2D eigenvalue weighted by Crippen LogP contribution is -2.30. The van der Waals surface area contributed by atoms with E-state index in [1.807, 2.05) is 0 Å². The summed E-state index contributed by atoms with van der Waals surface area (Å²) in [6.45, 7) is -1.18. The standard InChI is InChI=1S/C9H12F3NO4S/c1-13(5-4-9(10,11)12)18(15,16)8-3-2-7(6-14)17-8/h2-3,14H,4-6H2,1H3. The molecule has 0 aliphatic rings. The zero-order valence-corrected chi connectivity index (χ0v) is 10.3. The summed E-state index contributed by atoms with van der Waals surface area (Å²) in [4.78, 5) is 0. The van der Waals surface area contributed by atoms with Gasteiger partial charge in [0.25, 0.3) is 10.0 Å². The minimum absolute atomic E-state index is 0.0257. The first-order valence-electron chi connectivity index (χ1n) is 4.89. The Kier molecular flexibility index (Phi) is 4.41. The molecule has 0 saturated carbocycles. The highest BCUT2D eigenvalue weighted by Crippen LogP contribution is 2.22. The number of nitrogens with zero attached hydrogens (tertiary/aromatic N) is 1. The fourth-order valence-electron chi connectivity index (χ4n) is 1.14. The molecule has 0 fully saturated rings. The molecule has 5 nitrogen and oxygen atoms in total.